The molecule has 132 valence electrons. The first-order valence-corrected chi connectivity index (χ1v) is 9.71. The van der Waals surface area contributed by atoms with Crippen molar-refractivity contribution in [3.05, 3.63) is 50.6 Å². The maximum atomic E-state index is 10.2. The van der Waals surface area contributed by atoms with Crippen molar-refractivity contribution in [2.75, 3.05) is 19.0 Å². The fraction of sp³-hybridized carbons (Fsp3) is 0.400. The van der Waals surface area contributed by atoms with Crippen molar-refractivity contribution in [3.8, 4) is 11.5 Å². The summed E-state index contributed by atoms with van der Waals surface area (Å²) in [7, 11) is 1.59. The molecule has 4 rings (SSSR count). The Kier molecular flexibility index (Phi) is 4.54. The Morgan fingerprint density at radius 2 is 2.12 bits per heavy atom. The Bertz CT molecular complexity index is 808. The van der Waals surface area contributed by atoms with Gasteiger partial charge in [-0.2, -0.15) is 0 Å². The molecule has 0 saturated carbocycles. The van der Waals surface area contributed by atoms with Crippen molar-refractivity contribution >= 4 is 28.3 Å². The molecule has 25 heavy (non-hydrogen) atoms. The smallest absolute Gasteiger partial charge is 0.171 e. The lowest BCUT2D eigenvalue weighted by molar-refractivity contribution is -0.0381. The Hall–Kier alpha value is -1.47. The highest BCUT2D eigenvalue weighted by atomic mass is 127. The van der Waals surface area contributed by atoms with Crippen LogP contribution in [-0.4, -0.2) is 18.8 Å². The van der Waals surface area contributed by atoms with Crippen molar-refractivity contribution in [1.29, 1.82) is 0 Å². The van der Waals surface area contributed by atoms with Gasteiger partial charge >= 0.3 is 0 Å². The Labute approximate surface area is 161 Å². The molecule has 1 fully saturated rings. The second-order valence-corrected chi connectivity index (χ2v) is 8.03. The molecular formula is C20H22INO3. The molecule has 2 N–H and O–H groups in total. The van der Waals surface area contributed by atoms with Crippen molar-refractivity contribution in [2.45, 2.75) is 31.9 Å². The van der Waals surface area contributed by atoms with Gasteiger partial charge in [-0.3, -0.25) is 0 Å². The van der Waals surface area contributed by atoms with Crippen LogP contribution in [0.2, 0.25) is 0 Å². The number of hydrogen-bond acceptors (Lipinski definition) is 4. The van der Waals surface area contributed by atoms with E-state index in [1.54, 1.807) is 7.11 Å². The highest BCUT2D eigenvalue weighted by molar-refractivity contribution is 14.1. The number of aryl methyl sites for hydroxylation is 1. The zero-order valence-electron chi connectivity index (χ0n) is 14.4. The summed E-state index contributed by atoms with van der Waals surface area (Å²) in [6, 6.07) is 10.6. The van der Waals surface area contributed by atoms with Gasteiger partial charge in [-0.1, -0.05) is 17.7 Å². The minimum atomic E-state index is 0.118. The zero-order chi connectivity index (χ0) is 17.6. The molecule has 0 aromatic heterocycles. The summed E-state index contributed by atoms with van der Waals surface area (Å²) in [6.45, 7) is 2.94. The van der Waals surface area contributed by atoms with E-state index < -0.39 is 0 Å². The molecule has 4 nitrogen and oxygen atoms in total. The molecule has 2 heterocycles. The third-order valence-electron chi connectivity index (χ3n) is 5.25. The fourth-order valence-electron chi connectivity index (χ4n) is 4.05. The molecule has 5 heteroatoms. The van der Waals surface area contributed by atoms with Gasteiger partial charge in [0.15, 0.2) is 11.5 Å². The summed E-state index contributed by atoms with van der Waals surface area (Å²) in [5.74, 6) is 1.09. The monoisotopic (exact) mass is 451 g/mol. The first kappa shape index (κ1) is 17.0. The van der Waals surface area contributed by atoms with E-state index >= 15 is 0 Å². The molecule has 1 unspecified atom stereocenters. The zero-order valence-corrected chi connectivity index (χ0v) is 16.5. The lowest BCUT2D eigenvalue weighted by atomic mass is 9.77. The molecule has 0 spiro atoms. The van der Waals surface area contributed by atoms with Crippen LogP contribution in [0.25, 0.3) is 0 Å². The highest BCUT2D eigenvalue weighted by Crippen LogP contribution is 2.50. The predicted octanol–water partition coefficient (Wildman–Crippen LogP) is 4.95. The number of rotatable bonds is 2. The molecule has 0 aliphatic carbocycles. The van der Waals surface area contributed by atoms with Gasteiger partial charge in [0.1, 0.15) is 0 Å². The molecule has 3 atom stereocenters. The lowest BCUT2D eigenvalue weighted by Crippen LogP contribution is -2.36. The van der Waals surface area contributed by atoms with Crippen molar-refractivity contribution < 1.29 is 14.6 Å². The van der Waals surface area contributed by atoms with Crippen LogP contribution in [0.4, 0.5) is 5.69 Å². The first-order valence-electron chi connectivity index (χ1n) is 8.63. The second kappa shape index (κ2) is 6.68. The number of hydrogen-bond donors (Lipinski definition) is 2. The second-order valence-electron chi connectivity index (χ2n) is 6.86. The Balaban J connectivity index is 1.80. The van der Waals surface area contributed by atoms with Crippen molar-refractivity contribution in [2.24, 2.45) is 5.92 Å². The first-order chi connectivity index (χ1) is 12.1. The van der Waals surface area contributed by atoms with E-state index in [4.69, 9.17) is 9.47 Å². The summed E-state index contributed by atoms with van der Waals surface area (Å²) in [6.07, 6.45) is 2.31. The standard InChI is InChI=1S/C20H22INO3/c1-11-5-6-16-14(8-11)20-13(4-3-7-25-20)18(22-16)12-9-15(21)19(23)17(10-12)24-2/h5-6,8-10,13,18,20,22-23H,3-4,7H2,1-2H3/t13-,18?,20-/m0/s1. The SMILES string of the molecule is COc1cc(C2Nc3ccc(C)cc3[C@H]3OCCC[C@@H]23)cc(I)c1O. The average Bonchev–Trinajstić information content (AvgIpc) is 2.63. The van der Waals surface area contributed by atoms with Crippen LogP contribution < -0.4 is 10.1 Å². The largest absolute Gasteiger partial charge is 0.504 e. The van der Waals surface area contributed by atoms with Crippen LogP contribution in [0.1, 0.15) is 41.7 Å². The van der Waals surface area contributed by atoms with Crippen LogP contribution in [0.3, 0.4) is 0 Å². The molecule has 0 radical (unpaired) electrons. The minimum Gasteiger partial charge on any atom is -0.504 e. The van der Waals surface area contributed by atoms with Gasteiger partial charge in [-0.15, -0.1) is 0 Å². The average molecular weight is 451 g/mol. The Morgan fingerprint density at radius 1 is 1.28 bits per heavy atom. The van der Waals surface area contributed by atoms with E-state index in [9.17, 15) is 5.11 Å². The molecule has 2 aliphatic rings. The van der Waals surface area contributed by atoms with E-state index in [0.717, 1.165) is 34.3 Å². The van der Waals surface area contributed by atoms with Crippen molar-refractivity contribution in [1.82, 2.24) is 0 Å². The fourth-order valence-corrected chi connectivity index (χ4v) is 4.67. The van der Waals surface area contributed by atoms with Gasteiger partial charge in [0, 0.05) is 23.8 Å². The third kappa shape index (κ3) is 2.97. The lowest BCUT2D eigenvalue weighted by Gasteiger charge is -2.43. The van der Waals surface area contributed by atoms with Gasteiger partial charge in [-0.05, 0) is 66.1 Å². The quantitative estimate of drug-likeness (QED) is 0.635. The van der Waals surface area contributed by atoms with Gasteiger partial charge < -0.3 is 19.9 Å². The minimum absolute atomic E-state index is 0.118. The van der Waals surface area contributed by atoms with E-state index in [-0.39, 0.29) is 17.9 Å². The maximum absolute atomic E-state index is 10.2. The number of anilines is 1. The van der Waals surface area contributed by atoms with Crippen LogP contribution in [0, 0.1) is 16.4 Å². The highest BCUT2D eigenvalue weighted by Gasteiger charge is 2.40. The van der Waals surface area contributed by atoms with E-state index in [2.05, 4.69) is 53.0 Å². The molecule has 0 amide bonds. The van der Waals surface area contributed by atoms with Crippen LogP contribution in [0.5, 0.6) is 11.5 Å². The number of aromatic hydroxyl groups is 1. The summed E-state index contributed by atoms with van der Waals surface area (Å²) in [5.41, 5.74) is 4.79. The molecule has 2 aliphatic heterocycles. The van der Waals surface area contributed by atoms with Crippen LogP contribution in [0.15, 0.2) is 30.3 Å². The number of benzene rings is 2. The topological polar surface area (TPSA) is 50.7 Å². The number of fused-ring (bicyclic) bond motifs is 3. The van der Waals surface area contributed by atoms with Gasteiger partial charge in [0.2, 0.25) is 0 Å². The van der Waals surface area contributed by atoms with E-state index in [0.29, 0.717) is 11.7 Å². The third-order valence-corrected chi connectivity index (χ3v) is 6.07. The molecule has 2 aromatic rings. The number of nitrogens with one attached hydrogen (secondary N) is 1. The number of phenols is 1. The number of ether oxygens (including phenoxy) is 2. The Morgan fingerprint density at radius 3 is 2.92 bits per heavy atom. The van der Waals surface area contributed by atoms with Gasteiger partial charge in [0.05, 0.1) is 22.8 Å². The van der Waals surface area contributed by atoms with Gasteiger partial charge in [0.25, 0.3) is 0 Å². The molecule has 0 bridgehead atoms. The van der Waals surface area contributed by atoms with E-state index in [1.165, 1.54) is 11.1 Å². The summed E-state index contributed by atoms with van der Waals surface area (Å²) < 4.78 is 12.4. The summed E-state index contributed by atoms with van der Waals surface area (Å²) in [4.78, 5) is 0. The number of phenolic OH excluding ortho intramolecular Hbond substituents is 1. The molecular weight excluding hydrogens is 429 g/mol. The van der Waals surface area contributed by atoms with Crippen molar-refractivity contribution in [3.63, 3.8) is 0 Å². The summed E-state index contributed by atoms with van der Waals surface area (Å²) in [5, 5.41) is 13.9. The van der Waals surface area contributed by atoms with Gasteiger partial charge in [-0.25, -0.2) is 0 Å². The maximum Gasteiger partial charge on any atom is 0.171 e. The molecule has 2 aromatic carbocycles. The number of halogens is 1. The van der Waals surface area contributed by atoms with Crippen LogP contribution in [-0.2, 0) is 4.74 Å². The summed E-state index contributed by atoms with van der Waals surface area (Å²) >= 11 is 2.16. The number of methoxy groups -OCH3 is 1. The molecule has 1 saturated heterocycles. The predicted molar refractivity (Wildman–Crippen MR) is 106 cm³/mol. The van der Waals surface area contributed by atoms with E-state index in [1.807, 2.05) is 12.1 Å². The van der Waals surface area contributed by atoms with Crippen LogP contribution >= 0.6 is 22.6 Å². The normalized spacial score (nSPS) is 24.8.